The van der Waals surface area contributed by atoms with E-state index in [0.29, 0.717) is 6.61 Å². The van der Waals surface area contributed by atoms with Gasteiger partial charge >= 0.3 is 0 Å². The van der Waals surface area contributed by atoms with Gasteiger partial charge in [-0.05, 0) is 12.1 Å². The molecular weight excluding hydrogens is 156 g/mol. The zero-order valence-electron chi connectivity index (χ0n) is 6.12. The van der Waals surface area contributed by atoms with Crippen LogP contribution in [-0.4, -0.2) is 6.61 Å². The summed E-state index contributed by atoms with van der Waals surface area (Å²) in [7, 11) is 0. The van der Waals surface area contributed by atoms with E-state index in [9.17, 15) is 0 Å². The Hall–Kier alpha value is -1.02. The second-order valence-electron chi connectivity index (χ2n) is 2.05. The standard InChI is InChI=1S/C9H9OS/c1-2-7-10-8-5-3-4-6-9(8)11/h2-6H,1,7H2. The molecule has 2 heteroatoms. The summed E-state index contributed by atoms with van der Waals surface area (Å²) in [5.41, 5.74) is 0. The zero-order chi connectivity index (χ0) is 8.10. The number of benzene rings is 1. The number of para-hydroxylation sites is 1. The van der Waals surface area contributed by atoms with Crippen LogP contribution >= 0.6 is 12.6 Å². The molecule has 0 saturated heterocycles. The predicted molar refractivity (Wildman–Crippen MR) is 48.0 cm³/mol. The molecule has 0 unspecified atom stereocenters. The second-order valence-corrected chi connectivity index (χ2v) is 2.49. The van der Waals surface area contributed by atoms with Gasteiger partial charge in [0.25, 0.3) is 0 Å². The monoisotopic (exact) mass is 165 g/mol. The molecule has 0 bridgehead atoms. The normalized spacial score (nSPS) is 9.09. The summed E-state index contributed by atoms with van der Waals surface area (Å²) in [6.45, 7) is 4.05. The van der Waals surface area contributed by atoms with Gasteiger partial charge in [-0.25, -0.2) is 0 Å². The van der Waals surface area contributed by atoms with E-state index in [0.717, 1.165) is 10.6 Å². The smallest absolute Gasteiger partial charge is 0.137 e. The Kier molecular flexibility index (Phi) is 2.93. The molecule has 0 N–H and O–H groups in total. The number of ether oxygens (including phenoxy) is 1. The summed E-state index contributed by atoms with van der Waals surface area (Å²) < 4.78 is 5.26. The van der Waals surface area contributed by atoms with Crippen LogP contribution in [0.15, 0.2) is 41.8 Å². The lowest BCUT2D eigenvalue weighted by Gasteiger charge is -2.03. The highest BCUT2D eigenvalue weighted by atomic mass is 32.1. The summed E-state index contributed by atoms with van der Waals surface area (Å²) in [5.74, 6) is 0.752. The van der Waals surface area contributed by atoms with Gasteiger partial charge in [0.1, 0.15) is 12.4 Å². The maximum absolute atomic E-state index is 5.26. The lowest BCUT2D eigenvalue weighted by Crippen LogP contribution is -1.92. The number of rotatable bonds is 3. The lowest BCUT2D eigenvalue weighted by atomic mass is 10.3. The van der Waals surface area contributed by atoms with Crippen LogP contribution < -0.4 is 4.74 Å². The third-order valence-electron chi connectivity index (χ3n) is 1.21. The molecule has 0 atom stereocenters. The summed E-state index contributed by atoms with van der Waals surface area (Å²) in [4.78, 5) is 0.745. The topological polar surface area (TPSA) is 9.23 Å². The summed E-state index contributed by atoms with van der Waals surface area (Å²) in [6.07, 6.45) is 1.70. The molecule has 0 amide bonds. The van der Waals surface area contributed by atoms with E-state index in [1.807, 2.05) is 24.3 Å². The Balaban J connectivity index is 2.69. The van der Waals surface area contributed by atoms with Crippen LogP contribution in [0, 0.1) is 0 Å². The van der Waals surface area contributed by atoms with Crippen molar-refractivity contribution in [3.63, 3.8) is 0 Å². The minimum atomic E-state index is 0.508. The first-order chi connectivity index (χ1) is 5.34. The fraction of sp³-hybridized carbons (Fsp3) is 0.111. The third kappa shape index (κ3) is 2.24. The average molecular weight is 165 g/mol. The third-order valence-corrected chi connectivity index (χ3v) is 1.54. The Morgan fingerprint density at radius 1 is 1.45 bits per heavy atom. The average Bonchev–Trinajstić information content (AvgIpc) is 2.03. The van der Waals surface area contributed by atoms with E-state index in [1.165, 1.54) is 0 Å². The first kappa shape index (κ1) is 8.08. The van der Waals surface area contributed by atoms with Crippen molar-refractivity contribution in [3.8, 4) is 5.75 Å². The van der Waals surface area contributed by atoms with E-state index in [-0.39, 0.29) is 0 Å². The molecule has 0 fully saturated rings. The number of hydrogen-bond donors (Lipinski definition) is 0. The quantitative estimate of drug-likeness (QED) is 0.626. The molecule has 1 rings (SSSR count). The van der Waals surface area contributed by atoms with Crippen molar-refractivity contribution in [2.75, 3.05) is 6.61 Å². The molecule has 0 aliphatic carbocycles. The van der Waals surface area contributed by atoms with Gasteiger partial charge in [-0.3, -0.25) is 0 Å². The van der Waals surface area contributed by atoms with Crippen LogP contribution in [0.2, 0.25) is 0 Å². The van der Waals surface area contributed by atoms with Crippen LogP contribution in [0.5, 0.6) is 5.75 Å². The Bertz CT molecular complexity index is 245. The molecule has 1 aromatic rings. The van der Waals surface area contributed by atoms with Gasteiger partial charge in [-0.2, -0.15) is 0 Å². The zero-order valence-corrected chi connectivity index (χ0v) is 6.93. The summed E-state index contributed by atoms with van der Waals surface area (Å²) >= 11 is 5.01. The molecule has 0 heterocycles. The highest BCUT2D eigenvalue weighted by Crippen LogP contribution is 2.20. The van der Waals surface area contributed by atoms with Crippen LogP contribution in [-0.2, 0) is 0 Å². The summed E-state index contributed by atoms with van der Waals surface area (Å²) in [6, 6.07) is 7.48. The van der Waals surface area contributed by atoms with Gasteiger partial charge in [0.15, 0.2) is 0 Å². The SMILES string of the molecule is C=CCOc1ccccc1[S]. The highest BCUT2D eigenvalue weighted by molar-refractivity contribution is 7.80. The first-order valence-corrected chi connectivity index (χ1v) is 3.75. The minimum Gasteiger partial charge on any atom is -0.488 e. The maximum Gasteiger partial charge on any atom is 0.137 e. The molecule has 57 valence electrons. The van der Waals surface area contributed by atoms with Crippen molar-refractivity contribution in [1.29, 1.82) is 0 Å². The van der Waals surface area contributed by atoms with E-state index in [4.69, 9.17) is 17.4 Å². The maximum atomic E-state index is 5.26. The minimum absolute atomic E-state index is 0.508. The van der Waals surface area contributed by atoms with Crippen LogP contribution in [0.25, 0.3) is 0 Å². The van der Waals surface area contributed by atoms with E-state index < -0.39 is 0 Å². The fourth-order valence-electron chi connectivity index (χ4n) is 0.718. The molecule has 0 aliphatic rings. The van der Waals surface area contributed by atoms with Gasteiger partial charge in [-0.15, -0.1) is 0 Å². The number of hydrogen-bond acceptors (Lipinski definition) is 1. The van der Waals surface area contributed by atoms with Gasteiger partial charge in [-0.1, -0.05) is 37.4 Å². The second kappa shape index (κ2) is 3.98. The predicted octanol–water partition coefficient (Wildman–Crippen LogP) is 2.81. The molecule has 1 aromatic carbocycles. The van der Waals surface area contributed by atoms with Crippen molar-refractivity contribution < 1.29 is 4.74 Å². The molecule has 0 spiro atoms. The van der Waals surface area contributed by atoms with Gasteiger partial charge < -0.3 is 4.74 Å². The van der Waals surface area contributed by atoms with E-state index >= 15 is 0 Å². The molecule has 1 nitrogen and oxygen atoms in total. The van der Waals surface area contributed by atoms with Crippen molar-refractivity contribution in [2.24, 2.45) is 0 Å². The van der Waals surface area contributed by atoms with Crippen molar-refractivity contribution in [2.45, 2.75) is 4.90 Å². The largest absolute Gasteiger partial charge is 0.488 e. The van der Waals surface area contributed by atoms with Crippen molar-refractivity contribution in [1.82, 2.24) is 0 Å². The first-order valence-electron chi connectivity index (χ1n) is 3.34. The van der Waals surface area contributed by atoms with Crippen LogP contribution in [0.3, 0.4) is 0 Å². The molecule has 11 heavy (non-hydrogen) atoms. The van der Waals surface area contributed by atoms with Crippen molar-refractivity contribution >= 4 is 12.6 Å². The van der Waals surface area contributed by atoms with Crippen LogP contribution in [0.1, 0.15) is 0 Å². The van der Waals surface area contributed by atoms with E-state index in [2.05, 4.69) is 6.58 Å². The van der Waals surface area contributed by atoms with E-state index in [1.54, 1.807) is 6.08 Å². The Labute approximate surface area is 72.1 Å². The molecule has 0 saturated carbocycles. The lowest BCUT2D eigenvalue weighted by molar-refractivity contribution is 0.355. The van der Waals surface area contributed by atoms with Gasteiger partial charge in [0, 0.05) is 0 Å². The molecule has 1 radical (unpaired) electrons. The Morgan fingerprint density at radius 3 is 2.82 bits per heavy atom. The van der Waals surface area contributed by atoms with Crippen LogP contribution in [0.4, 0.5) is 0 Å². The molecular formula is C9H9OS. The molecule has 0 aliphatic heterocycles. The molecule has 0 aromatic heterocycles. The van der Waals surface area contributed by atoms with Crippen molar-refractivity contribution in [3.05, 3.63) is 36.9 Å². The Morgan fingerprint density at radius 2 is 2.18 bits per heavy atom. The van der Waals surface area contributed by atoms with Gasteiger partial charge in [0.05, 0.1) is 4.90 Å². The summed E-state index contributed by atoms with van der Waals surface area (Å²) in [5, 5.41) is 0. The fourth-order valence-corrected chi connectivity index (χ4v) is 0.924. The van der Waals surface area contributed by atoms with Gasteiger partial charge in [0.2, 0.25) is 0 Å². The highest BCUT2D eigenvalue weighted by Gasteiger charge is 1.95.